The van der Waals surface area contributed by atoms with Crippen molar-refractivity contribution in [2.75, 3.05) is 13.1 Å². The van der Waals surface area contributed by atoms with E-state index >= 15 is 0 Å². The molecule has 2 atom stereocenters. The SMILES string of the molecule is C[C@@H]1C[C@H](O)CN(Cc2ccncc2F)C1. The van der Waals surface area contributed by atoms with Crippen LogP contribution in [0.3, 0.4) is 0 Å². The second-order valence-electron chi connectivity index (χ2n) is 4.66. The number of hydrogen-bond donors (Lipinski definition) is 1. The van der Waals surface area contributed by atoms with Crippen LogP contribution in [0.4, 0.5) is 4.39 Å². The van der Waals surface area contributed by atoms with E-state index in [4.69, 9.17) is 0 Å². The van der Waals surface area contributed by atoms with E-state index in [1.54, 1.807) is 12.3 Å². The highest BCUT2D eigenvalue weighted by molar-refractivity contribution is 5.12. The van der Waals surface area contributed by atoms with Gasteiger partial charge in [-0.05, 0) is 18.4 Å². The Morgan fingerprint density at radius 1 is 1.56 bits per heavy atom. The molecule has 0 bridgehead atoms. The van der Waals surface area contributed by atoms with Gasteiger partial charge in [0.05, 0.1) is 12.3 Å². The van der Waals surface area contributed by atoms with Gasteiger partial charge in [-0.1, -0.05) is 6.92 Å². The fourth-order valence-electron chi connectivity index (χ4n) is 2.33. The summed E-state index contributed by atoms with van der Waals surface area (Å²) in [7, 11) is 0. The van der Waals surface area contributed by atoms with Crippen LogP contribution in [0.1, 0.15) is 18.9 Å². The minimum absolute atomic E-state index is 0.268. The molecule has 1 aliphatic rings. The Kier molecular flexibility index (Phi) is 3.51. The number of hydrogen-bond acceptors (Lipinski definition) is 3. The molecule has 2 rings (SSSR count). The molecule has 1 N–H and O–H groups in total. The lowest BCUT2D eigenvalue weighted by Crippen LogP contribution is -2.41. The average molecular weight is 224 g/mol. The van der Waals surface area contributed by atoms with E-state index in [0.717, 1.165) is 13.0 Å². The van der Waals surface area contributed by atoms with Crippen LogP contribution < -0.4 is 0 Å². The number of aromatic nitrogens is 1. The van der Waals surface area contributed by atoms with Gasteiger partial charge in [0.15, 0.2) is 0 Å². The van der Waals surface area contributed by atoms with Crippen LogP contribution in [0.15, 0.2) is 18.5 Å². The van der Waals surface area contributed by atoms with Gasteiger partial charge < -0.3 is 5.11 Å². The van der Waals surface area contributed by atoms with Crippen molar-refractivity contribution in [3.05, 3.63) is 29.8 Å². The predicted molar refractivity (Wildman–Crippen MR) is 59.3 cm³/mol. The number of piperidine rings is 1. The first-order valence-corrected chi connectivity index (χ1v) is 5.64. The third-order valence-electron chi connectivity index (χ3n) is 2.96. The third kappa shape index (κ3) is 2.77. The summed E-state index contributed by atoms with van der Waals surface area (Å²) in [5.74, 6) is 0.198. The number of halogens is 1. The molecule has 0 saturated carbocycles. The monoisotopic (exact) mass is 224 g/mol. The van der Waals surface area contributed by atoms with Crippen molar-refractivity contribution in [2.24, 2.45) is 5.92 Å². The van der Waals surface area contributed by atoms with Crippen molar-refractivity contribution in [1.82, 2.24) is 9.88 Å². The molecule has 1 aromatic rings. The number of aliphatic hydroxyl groups excluding tert-OH is 1. The molecule has 4 heteroatoms. The zero-order chi connectivity index (χ0) is 11.5. The normalized spacial score (nSPS) is 26.9. The Bertz CT molecular complexity index is 349. The van der Waals surface area contributed by atoms with Crippen LogP contribution in [-0.4, -0.2) is 34.2 Å². The molecule has 0 amide bonds. The van der Waals surface area contributed by atoms with Crippen LogP contribution >= 0.6 is 0 Å². The van der Waals surface area contributed by atoms with E-state index < -0.39 is 0 Å². The quantitative estimate of drug-likeness (QED) is 0.825. The summed E-state index contributed by atoms with van der Waals surface area (Å²) in [4.78, 5) is 5.82. The first-order valence-electron chi connectivity index (χ1n) is 5.64. The summed E-state index contributed by atoms with van der Waals surface area (Å²) in [5, 5.41) is 9.65. The minimum Gasteiger partial charge on any atom is -0.392 e. The fourth-order valence-corrected chi connectivity index (χ4v) is 2.33. The number of nitrogens with zero attached hydrogens (tertiary/aromatic N) is 2. The molecular weight excluding hydrogens is 207 g/mol. The van der Waals surface area contributed by atoms with E-state index in [0.29, 0.717) is 24.6 Å². The maximum atomic E-state index is 13.4. The Morgan fingerprint density at radius 2 is 2.38 bits per heavy atom. The Balaban J connectivity index is 2.02. The molecule has 0 spiro atoms. The summed E-state index contributed by atoms with van der Waals surface area (Å²) >= 11 is 0. The van der Waals surface area contributed by atoms with Gasteiger partial charge in [0.2, 0.25) is 0 Å². The van der Waals surface area contributed by atoms with Crippen LogP contribution in [0.5, 0.6) is 0 Å². The molecule has 88 valence electrons. The largest absolute Gasteiger partial charge is 0.392 e. The zero-order valence-corrected chi connectivity index (χ0v) is 9.43. The van der Waals surface area contributed by atoms with Gasteiger partial charge in [-0.2, -0.15) is 0 Å². The smallest absolute Gasteiger partial charge is 0.145 e. The van der Waals surface area contributed by atoms with Crippen molar-refractivity contribution in [2.45, 2.75) is 26.0 Å². The molecule has 1 aromatic heterocycles. The maximum Gasteiger partial charge on any atom is 0.145 e. The molecular formula is C12H17FN2O. The van der Waals surface area contributed by atoms with Gasteiger partial charge in [0.25, 0.3) is 0 Å². The van der Waals surface area contributed by atoms with Crippen molar-refractivity contribution < 1.29 is 9.50 Å². The summed E-state index contributed by atoms with van der Waals surface area (Å²) in [6, 6.07) is 1.70. The molecule has 1 fully saturated rings. The highest BCUT2D eigenvalue weighted by atomic mass is 19.1. The topological polar surface area (TPSA) is 36.4 Å². The van der Waals surface area contributed by atoms with Gasteiger partial charge in [-0.15, -0.1) is 0 Å². The van der Waals surface area contributed by atoms with E-state index in [-0.39, 0.29) is 11.9 Å². The highest BCUT2D eigenvalue weighted by Crippen LogP contribution is 2.19. The lowest BCUT2D eigenvalue weighted by molar-refractivity contribution is 0.0403. The summed E-state index contributed by atoms with van der Waals surface area (Å²) in [5.41, 5.74) is 0.649. The van der Waals surface area contributed by atoms with E-state index in [9.17, 15) is 9.50 Å². The minimum atomic E-state index is -0.284. The molecule has 1 saturated heterocycles. The standard InChI is InChI=1S/C12H17FN2O/c1-9-4-11(16)8-15(6-9)7-10-2-3-14-5-12(10)13/h2-3,5,9,11,16H,4,6-8H2,1H3/t9-,11+/m1/s1. The van der Waals surface area contributed by atoms with Gasteiger partial charge in [-0.3, -0.25) is 9.88 Å². The molecule has 0 radical (unpaired) electrons. The molecule has 1 aliphatic heterocycles. The number of aliphatic hydroxyl groups is 1. The Labute approximate surface area is 94.9 Å². The first-order chi connectivity index (χ1) is 7.65. The Hall–Kier alpha value is -1.00. The van der Waals surface area contributed by atoms with Crippen molar-refractivity contribution in [1.29, 1.82) is 0 Å². The molecule has 0 unspecified atom stereocenters. The number of rotatable bonds is 2. The summed E-state index contributed by atoms with van der Waals surface area (Å²) in [6.07, 6.45) is 3.39. The van der Waals surface area contributed by atoms with Gasteiger partial charge in [0, 0.05) is 31.4 Å². The van der Waals surface area contributed by atoms with E-state index in [2.05, 4.69) is 16.8 Å². The summed E-state index contributed by atoms with van der Waals surface area (Å²) < 4.78 is 13.4. The molecule has 0 aliphatic carbocycles. The van der Waals surface area contributed by atoms with Gasteiger partial charge >= 0.3 is 0 Å². The van der Waals surface area contributed by atoms with E-state index in [1.807, 2.05) is 0 Å². The predicted octanol–water partition coefficient (Wildman–Crippen LogP) is 1.42. The zero-order valence-electron chi connectivity index (χ0n) is 9.43. The Morgan fingerprint density at radius 3 is 3.06 bits per heavy atom. The number of pyridine rings is 1. The molecule has 2 heterocycles. The summed E-state index contributed by atoms with van der Waals surface area (Å²) in [6.45, 7) is 4.21. The second kappa shape index (κ2) is 4.89. The maximum absolute atomic E-state index is 13.4. The van der Waals surface area contributed by atoms with Crippen molar-refractivity contribution in [3.8, 4) is 0 Å². The molecule has 16 heavy (non-hydrogen) atoms. The van der Waals surface area contributed by atoms with Crippen molar-refractivity contribution in [3.63, 3.8) is 0 Å². The van der Waals surface area contributed by atoms with Crippen LogP contribution in [0.25, 0.3) is 0 Å². The fraction of sp³-hybridized carbons (Fsp3) is 0.583. The number of β-amino-alcohol motifs (C(OH)–C–C–N with tert-alkyl or cyclic N) is 1. The average Bonchev–Trinajstić information content (AvgIpc) is 2.20. The highest BCUT2D eigenvalue weighted by Gasteiger charge is 2.23. The van der Waals surface area contributed by atoms with Crippen molar-refractivity contribution >= 4 is 0 Å². The first kappa shape index (κ1) is 11.5. The van der Waals surface area contributed by atoms with Gasteiger partial charge in [0.1, 0.15) is 5.82 Å². The molecule has 0 aromatic carbocycles. The molecule has 3 nitrogen and oxygen atoms in total. The number of likely N-dealkylation sites (tertiary alicyclic amines) is 1. The second-order valence-corrected chi connectivity index (χ2v) is 4.66. The van der Waals surface area contributed by atoms with Crippen LogP contribution in [-0.2, 0) is 6.54 Å². The van der Waals surface area contributed by atoms with Gasteiger partial charge in [-0.25, -0.2) is 4.39 Å². The van der Waals surface area contributed by atoms with E-state index in [1.165, 1.54) is 6.20 Å². The lowest BCUT2D eigenvalue weighted by Gasteiger charge is -2.34. The van der Waals surface area contributed by atoms with Crippen LogP contribution in [0.2, 0.25) is 0 Å². The lowest BCUT2D eigenvalue weighted by atomic mass is 9.97. The van der Waals surface area contributed by atoms with Crippen LogP contribution in [0, 0.1) is 11.7 Å². The third-order valence-corrected chi connectivity index (χ3v) is 2.96.